The number of aryl methyl sites for hydroxylation is 2. The molecular weight excluding hydrogens is 374 g/mol. The van der Waals surface area contributed by atoms with E-state index in [1.165, 1.54) is 22.3 Å². The molecule has 2 aliphatic carbocycles. The maximum Gasteiger partial charge on any atom is 0.332 e. The summed E-state index contributed by atoms with van der Waals surface area (Å²) in [5, 5.41) is 2.89. The third-order valence-electron chi connectivity index (χ3n) is 5.72. The lowest BCUT2D eigenvalue weighted by molar-refractivity contribution is 0.256. The van der Waals surface area contributed by atoms with Crippen molar-refractivity contribution in [3.05, 3.63) is 28.3 Å². The fourth-order valence-electron chi connectivity index (χ4n) is 4.52. The molecule has 0 atom stereocenters. The highest BCUT2D eigenvalue weighted by molar-refractivity contribution is 7.90. The number of hydrogen-bond acceptors (Lipinski definition) is 4. The predicted octanol–water partition coefficient (Wildman–Crippen LogP) is 3.24. The summed E-state index contributed by atoms with van der Waals surface area (Å²) < 4.78 is 27.0. The van der Waals surface area contributed by atoms with Crippen LogP contribution in [0.2, 0.25) is 0 Å². The molecule has 0 bridgehead atoms. The second-order valence-electron chi connectivity index (χ2n) is 7.95. The smallest absolute Gasteiger partial charge is 0.307 e. The summed E-state index contributed by atoms with van der Waals surface area (Å²) >= 11 is 0. The van der Waals surface area contributed by atoms with E-state index in [0.29, 0.717) is 6.54 Å². The Bertz CT molecular complexity index is 782. The lowest BCUT2D eigenvalue weighted by Gasteiger charge is -2.21. The molecule has 0 aliphatic heterocycles. The Morgan fingerprint density at radius 1 is 0.964 bits per heavy atom. The van der Waals surface area contributed by atoms with Gasteiger partial charge in [0.2, 0.25) is 10.0 Å². The van der Waals surface area contributed by atoms with Crippen molar-refractivity contribution in [1.29, 1.82) is 0 Å². The van der Waals surface area contributed by atoms with E-state index in [-0.39, 0.29) is 5.75 Å². The Balaban J connectivity index is 1.64. The highest BCUT2D eigenvalue weighted by Crippen LogP contribution is 2.38. The maximum absolute atomic E-state index is 12.5. The molecule has 2 aliphatic rings. The minimum absolute atomic E-state index is 0.0641. The minimum atomic E-state index is -3.66. The van der Waals surface area contributed by atoms with Crippen molar-refractivity contribution in [1.82, 2.24) is 9.62 Å². The van der Waals surface area contributed by atoms with Gasteiger partial charge in [-0.25, -0.2) is 17.9 Å². The molecule has 3 rings (SSSR count). The van der Waals surface area contributed by atoms with Gasteiger partial charge in [-0.15, -0.1) is 0 Å². The molecule has 28 heavy (non-hydrogen) atoms. The first-order valence-corrected chi connectivity index (χ1v) is 12.3. The number of hydrogen-bond donors (Lipinski definition) is 2. The number of urea groups is 1. The van der Waals surface area contributed by atoms with E-state index in [2.05, 4.69) is 34.9 Å². The van der Waals surface area contributed by atoms with Crippen LogP contribution in [0.15, 0.2) is 6.07 Å². The van der Waals surface area contributed by atoms with E-state index in [1.54, 1.807) is 0 Å². The van der Waals surface area contributed by atoms with Crippen LogP contribution in [0.4, 0.5) is 10.5 Å². The zero-order valence-corrected chi connectivity index (χ0v) is 18.0. The van der Waals surface area contributed by atoms with Gasteiger partial charge in [-0.2, -0.15) is 0 Å². The first-order valence-electron chi connectivity index (χ1n) is 10.6. The first kappa shape index (κ1) is 21.1. The zero-order valence-electron chi connectivity index (χ0n) is 17.1. The van der Waals surface area contributed by atoms with Gasteiger partial charge in [0.15, 0.2) is 0 Å². The Labute approximate surface area is 169 Å². The van der Waals surface area contributed by atoms with E-state index in [4.69, 9.17) is 0 Å². The van der Waals surface area contributed by atoms with Crippen LogP contribution in [0.5, 0.6) is 0 Å². The normalized spacial score (nSPS) is 15.5. The van der Waals surface area contributed by atoms with E-state index in [9.17, 15) is 13.2 Å². The summed E-state index contributed by atoms with van der Waals surface area (Å²) in [7, 11) is -3.66. The highest BCUT2D eigenvalue weighted by Gasteiger charge is 2.26. The van der Waals surface area contributed by atoms with Gasteiger partial charge in [0, 0.05) is 12.2 Å². The number of rotatable bonds is 9. The summed E-state index contributed by atoms with van der Waals surface area (Å²) in [5.41, 5.74) is 5.89. The van der Waals surface area contributed by atoms with Crippen LogP contribution in [-0.4, -0.2) is 44.7 Å². The molecule has 0 aromatic heterocycles. The van der Waals surface area contributed by atoms with Gasteiger partial charge in [0.05, 0.1) is 5.75 Å². The van der Waals surface area contributed by atoms with Crippen molar-refractivity contribution in [2.75, 3.05) is 30.7 Å². The fourth-order valence-corrected chi connectivity index (χ4v) is 5.45. The van der Waals surface area contributed by atoms with Crippen LogP contribution in [0.3, 0.4) is 0 Å². The molecule has 2 amide bonds. The van der Waals surface area contributed by atoms with E-state index >= 15 is 0 Å². The van der Waals surface area contributed by atoms with Gasteiger partial charge in [-0.3, -0.25) is 0 Å². The molecule has 1 aromatic rings. The molecule has 0 unspecified atom stereocenters. The molecule has 7 heteroatoms. The fraction of sp³-hybridized carbons (Fsp3) is 0.667. The monoisotopic (exact) mass is 407 g/mol. The summed E-state index contributed by atoms with van der Waals surface area (Å²) in [4.78, 5) is 14.6. The lowest BCUT2D eigenvalue weighted by Crippen LogP contribution is -2.40. The van der Waals surface area contributed by atoms with Crippen LogP contribution in [0.1, 0.15) is 61.8 Å². The highest BCUT2D eigenvalue weighted by atomic mass is 32.2. The Morgan fingerprint density at radius 3 is 2.07 bits per heavy atom. The number of fused-ring (bicyclic) bond motifs is 2. The summed E-state index contributed by atoms with van der Waals surface area (Å²) in [5.74, 6) is -0.0641. The number of carbonyl (C=O) groups is 1. The molecule has 0 radical (unpaired) electrons. The Hall–Kier alpha value is -1.60. The molecule has 0 fully saturated rings. The van der Waals surface area contributed by atoms with E-state index in [0.717, 1.165) is 70.1 Å². The third-order valence-corrected chi connectivity index (χ3v) is 6.93. The van der Waals surface area contributed by atoms with Crippen LogP contribution in [0, 0.1) is 0 Å². The lowest BCUT2D eigenvalue weighted by atomic mass is 9.99. The first-order chi connectivity index (χ1) is 13.4. The summed E-state index contributed by atoms with van der Waals surface area (Å²) in [6.07, 6.45) is 8.15. The van der Waals surface area contributed by atoms with Crippen LogP contribution < -0.4 is 10.0 Å². The number of sulfonamides is 1. The average Bonchev–Trinajstić information content (AvgIpc) is 3.28. The van der Waals surface area contributed by atoms with Crippen LogP contribution >= 0.6 is 0 Å². The second-order valence-corrected chi connectivity index (χ2v) is 9.79. The second kappa shape index (κ2) is 9.27. The van der Waals surface area contributed by atoms with Gasteiger partial charge >= 0.3 is 6.03 Å². The van der Waals surface area contributed by atoms with Crippen molar-refractivity contribution in [2.24, 2.45) is 0 Å². The number of carbonyl (C=O) groups excluding carboxylic acids is 1. The molecule has 0 saturated heterocycles. The Kier molecular flexibility index (Phi) is 6.99. The molecular formula is C21H33N3O3S. The van der Waals surface area contributed by atoms with Crippen LogP contribution in [0.25, 0.3) is 0 Å². The number of nitrogens with zero attached hydrogens (tertiary/aromatic N) is 1. The minimum Gasteiger partial charge on any atom is -0.307 e. The average molecular weight is 408 g/mol. The van der Waals surface area contributed by atoms with Gasteiger partial charge < -0.3 is 10.2 Å². The predicted molar refractivity (Wildman–Crippen MR) is 113 cm³/mol. The zero-order chi connectivity index (χ0) is 20.1. The summed E-state index contributed by atoms with van der Waals surface area (Å²) in [6.45, 7) is 6.36. The van der Waals surface area contributed by atoms with Crippen LogP contribution in [-0.2, 0) is 35.7 Å². The largest absolute Gasteiger partial charge is 0.332 e. The topological polar surface area (TPSA) is 78.5 Å². The molecule has 6 nitrogen and oxygen atoms in total. The van der Waals surface area contributed by atoms with E-state index < -0.39 is 16.1 Å². The molecule has 2 N–H and O–H groups in total. The molecule has 0 heterocycles. The number of benzene rings is 1. The van der Waals surface area contributed by atoms with Crippen molar-refractivity contribution in [3.63, 3.8) is 0 Å². The number of nitrogens with one attached hydrogen (secondary N) is 2. The standard InChI is InChI=1S/C21H33N3O3S/c1-3-11-24(12-4-2)13-14-28(26,27)23-21(25)22-20-18-9-5-7-16(18)15-17-8-6-10-19(17)20/h15H,3-14H2,1-2H3,(H2,22,23,25). The molecule has 1 aromatic carbocycles. The van der Waals surface area contributed by atoms with Crippen molar-refractivity contribution in [3.8, 4) is 0 Å². The SMILES string of the molecule is CCCN(CCC)CCS(=O)(=O)NC(=O)Nc1c2c(cc3c1CCC3)CCC2. The molecule has 0 saturated carbocycles. The maximum atomic E-state index is 12.5. The number of amides is 2. The number of anilines is 1. The van der Waals surface area contributed by atoms with Gasteiger partial charge in [-0.05, 0) is 86.7 Å². The quantitative estimate of drug-likeness (QED) is 0.659. The van der Waals surface area contributed by atoms with Crippen molar-refractivity contribution >= 4 is 21.7 Å². The van der Waals surface area contributed by atoms with Gasteiger partial charge in [0.1, 0.15) is 0 Å². The van der Waals surface area contributed by atoms with Crippen molar-refractivity contribution < 1.29 is 13.2 Å². The molecule has 156 valence electrons. The van der Waals surface area contributed by atoms with E-state index in [1.807, 2.05) is 0 Å². The third kappa shape index (κ3) is 5.06. The molecule has 0 spiro atoms. The van der Waals surface area contributed by atoms with Gasteiger partial charge in [0.25, 0.3) is 0 Å². The van der Waals surface area contributed by atoms with Gasteiger partial charge in [-0.1, -0.05) is 19.9 Å². The Morgan fingerprint density at radius 2 is 1.54 bits per heavy atom. The van der Waals surface area contributed by atoms with Crippen molar-refractivity contribution in [2.45, 2.75) is 65.2 Å². The summed E-state index contributed by atoms with van der Waals surface area (Å²) in [6, 6.07) is 1.66.